The number of aromatic nitrogens is 2. The Kier molecular flexibility index (Phi) is 5.86. The Bertz CT molecular complexity index is 823. The van der Waals surface area contributed by atoms with Crippen molar-refractivity contribution in [2.45, 2.75) is 25.1 Å². The van der Waals surface area contributed by atoms with E-state index >= 15 is 0 Å². The van der Waals surface area contributed by atoms with Gasteiger partial charge in [-0.15, -0.1) is 0 Å². The molecule has 0 aliphatic carbocycles. The van der Waals surface area contributed by atoms with Crippen LogP contribution in [0.25, 0.3) is 0 Å². The number of nitrogens with one attached hydrogen (secondary N) is 2. The van der Waals surface area contributed by atoms with Crippen molar-refractivity contribution in [3.63, 3.8) is 0 Å². The van der Waals surface area contributed by atoms with Crippen molar-refractivity contribution in [1.29, 1.82) is 0 Å². The number of piperidine rings is 1. The highest BCUT2D eigenvalue weighted by Crippen LogP contribution is 2.28. The molecule has 2 N–H and O–H groups in total. The van der Waals surface area contributed by atoms with Crippen molar-refractivity contribution in [3.05, 3.63) is 42.2 Å². The van der Waals surface area contributed by atoms with Gasteiger partial charge in [-0.25, -0.2) is 14.8 Å². The summed E-state index contributed by atoms with van der Waals surface area (Å²) >= 11 is 0. The fourth-order valence-corrected chi connectivity index (χ4v) is 2.97. The van der Waals surface area contributed by atoms with Crippen LogP contribution in [0.3, 0.4) is 0 Å². The van der Waals surface area contributed by atoms with Crippen molar-refractivity contribution in [2.75, 3.05) is 30.4 Å². The summed E-state index contributed by atoms with van der Waals surface area (Å²) in [7, 11) is 1.52. The number of amides is 2. The molecule has 0 bridgehead atoms. The van der Waals surface area contributed by atoms with E-state index in [1.165, 1.54) is 7.11 Å². The van der Waals surface area contributed by atoms with Gasteiger partial charge >= 0.3 is 12.2 Å². The number of anilines is 2. The summed E-state index contributed by atoms with van der Waals surface area (Å²) in [5.74, 6) is 0.598. The van der Waals surface area contributed by atoms with Crippen LogP contribution in [-0.4, -0.2) is 42.2 Å². The summed E-state index contributed by atoms with van der Waals surface area (Å²) < 4.78 is 43.6. The number of carbonyl (C=O) groups excluding carboxylic acids is 1. The van der Waals surface area contributed by atoms with Crippen LogP contribution in [0.5, 0.6) is 5.75 Å². The number of rotatable bonds is 4. The minimum atomic E-state index is -4.51. The molecule has 0 spiro atoms. The second kappa shape index (κ2) is 8.32. The van der Waals surface area contributed by atoms with E-state index in [9.17, 15) is 18.0 Å². The molecule has 2 aromatic rings. The third-order valence-electron chi connectivity index (χ3n) is 4.40. The number of halogens is 3. The fourth-order valence-electron chi connectivity index (χ4n) is 2.97. The van der Waals surface area contributed by atoms with Gasteiger partial charge in [0.2, 0.25) is 5.95 Å². The molecular formula is C18H20F3N5O2. The summed E-state index contributed by atoms with van der Waals surface area (Å²) in [6.07, 6.45) is -2.26. The van der Waals surface area contributed by atoms with Crippen LogP contribution < -0.4 is 20.3 Å². The molecule has 1 saturated heterocycles. The van der Waals surface area contributed by atoms with Crippen molar-refractivity contribution >= 4 is 17.7 Å². The van der Waals surface area contributed by atoms with Gasteiger partial charge in [0, 0.05) is 25.3 Å². The number of hydrogen-bond acceptors (Lipinski definition) is 5. The Balaban J connectivity index is 1.54. The molecule has 28 heavy (non-hydrogen) atoms. The van der Waals surface area contributed by atoms with Gasteiger partial charge in [-0.05, 0) is 31.0 Å². The first-order valence-electron chi connectivity index (χ1n) is 8.72. The highest BCUT2D eigenvalue weighted by molar-refractivity contribution is 5.91. The molecule has 0 atom stereocenters. The van der Waals surface area contributed by atoms with E-state index in [0.29, 0.717) is 37.4 Å². The maximum Gasteiger partial charge on any atom is 0.433 e. The van der Waals surface area contributed by atoms with E-state index in [1.54, 1.807) is 29.2 Å². The van der Waals surface area contributed by atoms with Gasteiger partial charge in [0.15, 0.2) is 0 Å². The summed E-state index contributed by atoms with van der Waals surface area (Å²) in [4.78, 5) is 21.4. The van der Waals surface area contributed by atoms with E-state index in [4.69, 9.17) is 4.74 Å². The molecular weight excluding hydrogens is 375 g/mol. The number of methoxy groups -OCH3 is 1. The largest absolute Gasteiger partial charge is 0.495 e. The van der Waals surface area contributed by atoms with E-state index < -0.39 is 11.9 Å². The second-order valence-electron chi connectivity index (χ2n) is 6.30. The molecule has 7 nitrogen and oxygen atoms in total. The number of hydrogen-bond donors (Lipinski definition) is 2. The highest BCUT2D eigenvalue weighted by atomic mass is 19.4. The minimum absolute atomic E-state index is 0.0479. The first kappa shape index (κ1) is 19.7. The topological polar surface area (TPSA) is 79.4 Å². The van der Waals surface area contributed by atoms with E-state index in [1.807, 2.05) is 0 Å². The molecule has 150 valence electrons. The average molecular weight is 395 g/mol. The van der Waals surface area contributed by atoms with Gasteiger partial charge in [0.25, 0.3) is 0 Å². The summed E-state index contributed by atoms with van der Waals surface area (Å²) in [5.41, 5.74) is -0.411. The van der Waals surface area contributed by atoms with E-state index in [0.717, 1.165) is 12.3 Å². The Morgan fingerprint density at radius 1 is 1.21 bits per heavy atom. The lowest BCUT2D eigenvalue weighted by Gasteiger charge is -2.32. The molecule has 0 unspecified atom stereocenters. The van der Waals surface area contributed by atoms with Gasteiger partial charge in [0.1, 0.15) is 11.4 Å². The number of benzene rings is 1. The van der Waals surface area contributed by atoms with Crippen LogP contribution in [0, 0.1) is 0 Å². The van der Waals surface area contributed by atoms with Crippen LogP contribution in [-0.2, 0) is 6.18 Å². The normalized spacial score (nSPS) is 15.2. The molecule has 1 aromatic heterocycles. The molecule has 1 aliphatic rings. The smallest absolute Gasteiger partial charge is 0.433 e. The standard InChI is InChI=1S/C18H20F3N5O2/c1-28-14-5-3-2-4-13(14)24-17(27)23-12-7-10-26(11-8-12)16-22-9-6-15(25-16)18(19,20)21/h2-6,9,12H,7-8,10-11H2,1H3,(H2,23,24,27). The summed E-state index contributed by atoms with van der Waals surface area (Å²) in [5, 5.41) is 5.61. The van der Waals surface area contributed by atoms with Crippen molar-refractivity contribution < 1.29 is 22.7 Å². The summed E-state index contributed by atoms with van der Waals surface area (Å²) in [6, 6.07) is 7.43. The zero-order valence-electron chi connectivity index (χ0n) is 15.2. The van der Waals surface area contributed by atoms with E-state index in [2.05, 4.69) is 20.6 Å². The molecule has 3 rings (SSSR count). The van der Waals surface area contributed by atoms with Crippen LogP contribution in [0.4, 0.5) is 29.6 Å². The van der Waals surface area contributed by atoms with Crippen molar-refractivity contribution in [2.24, 2.45) is 0 Å². The van der Waals surface area contributed by atoms with Crippen LogP contribution in [0.2, 0.25) is 0 Å². The maximum atomic E-state index is 12.8. The highest BCUT2D eigenvalue weighted by Gasteiger charge is 2.33. The monoisotopic (exact) mass is 395 g/mol. The Morgan fingerprint density at radius 2 is 1.93 bits per heavy atom. The number of carbonyl (C=O) groups is 1. The Hall–Kier alpha value is -3.04. The Morgan fingerprint density at radius 3 is 2.61 bits per heavy atom. The lowest BCUT2D eigenvalue weighted by Crippen LogP contribution is -2.46. The lowest BCUT2D eigenvalue weighted by atomic mass is 10.1. The third-order valence-corrected chi connectivity index (χ3v) is 4.40. The molecule has 10 heteroatoms. The number of urea groups is 1. The van der Waals surface area contributed by atoms with Gasteiger partial charge < -0.3 is 20.3 Å². The number of ether oxygens (including phenoxy) is 1. The summed E-state index contributed by atoms with van der Waals surface area (Å²) in [6.45, 7) is 0.891. The zero-order chi connectivity index (χ0) is 20.1. The van der Waals surface area contributed by atoms with E-state index in [-0.39, 0.29) is 18.0 Å². The SMILES string of the molecule is COc1ccccc1NC(=O)NC1CCN(c2nccc(C(F)(F)F)n2)CC1. The lowest BCUT2D eigenvalue weighted by molar-refractivity contribution is -0.141. The molecule has 0 saturated carbocycles. The number of nitrogens with zero attached hydrogens (tertiary/aromatic N) is 3. The average Bonchev–Trinajstić information content (AvgIpc) is 2.68. The molecule has 1 aromatic carbocycles. The van der Waals surface area contributed by atoms with Crippen molar-refractivity contribution in [1.82, 2.24) is 15.3 Å². The van der Waals surface area contributed by atoms with Crippen LogP contribution >= 0.6 is 0 Å². The minimum Gasteiger partial charge on any atom is -0.495 e. The quantitative estimate of drug-likeness (QED) is 0.831. The van der Waals surface area contributed by atoms with Crippen LogP contribution in [0.15, 0.2) is 36.5 Å². The zero-order valence-corrected chi connectivity index (χ0v) is 15.2. The number of alkyl halides is 3. The molecule has 2 heterocycles. The van der Waals surface area contributed by atoms with Crippen molar-refractivity contribution in [3.8, 4) is 5.75 Å². The first-order chi connectivity index (χ1) is 13.4. The Labute approximate surface area is 159 Å². The van der Waals surface area contributed by atoms with Crippen LogP contribution in [0.1, 0.15) is 18.5 Å². The molecule has 2 amide bonds. The molecule has 1 fully saturated rings. The number of para-hydroxylation sites is 2. The third kappa shape index (κ3) is 4.81. The van der Waals surface area contributed by atoms with Gasteiger partial charge in [-0.3, -0.25) is 0 Å². The van der Waals surface area contributed by atoms with Gasteiger partial charge in [0.05, 0.1) is 12.8 Å². The predicted molar refractivity (Wildman–Crippen MR) is 97.4 cm³/mol. The predicted octanol–water partition coefficient (Wildman–Crippen LogP) is 3.29. The molecule has 0 radical (unpaired) electrons. The van der Waals surface area contributed by atoms with Gasteiger partial charge in [-0.1, -0.05) is 12.1 Å². The molecule has 1 aliphatic heterocycles. The fraction of sp³-hybridized carbons (Fsp3) is 0.389. The maximum absolute atomic E-state index is 12.8. The van der Waals surface area contributed by atoms with Gasteiger partial charge in [-0.2, -0.15) is 13.2 Å². The second-order valence-corrected chi connectivity index (χ2v) is 6.30. The first-order valence-corrected chi connectivity index (χ1v) is 8.72.